The summed E-state index contributed by atoms with van der Waals surface area (Å²) in [5.74, 6) is 1.17. The Morgan fingerprint density at radius 1 is 1.45 bits per heavy atom. The quantitative estimate of drug-likeness (QED) is 0.910. The van der Waals surface area contributed by atoms with Crippen molar-refractivity contribution in [2.24, 2.45) is 5.92 Å². The molecule has 0 radical (unpaired) electrons. The predicted octanol–water partition coefficient (Wildman–Crippen LogP) is 1.71. The van der Waals surface area contributed by atoms with Crippen molar-refractivity contribution in [3.8, 4) is 5.75 Å². The van der Waals surface area contributed by atoms with Crippen molar-refractivity contribution in [1.29, 1.82) is 0 Å². The van der Waals surface area contributed by atoms with E-state index in [0.717, 1.165) is 31.6 Å². The molecule has 2 aliphatic heterocycles. The fourth-order valence-electron chi connectivity index (χ4n) is 2.87. The van der Waals surface area contributed by atoms with Gasteiger partial charge in [0.15, 0.2) is 0 Å². The van der Waals surface area contributed by atoms with Crippen LogP contribution in [-0.2, 0) is 22.4 Å². The lowest BCUT2D eigenvalue weighted by molar-refractivity contribution is -0.125. The summed E-state index contributed by atoms with van der Waals surface area (Å²) in [6.07, 6.45) is 2.69. The third-order valence-corrected chi connectivity index (χ3v) is 3.98. The Balaban J connectivity index is 1.55. The van der Waals surface area contributed by atoms with Gasteiger partial charge in [0, 0.05) is 19.1 Å². The summed E-state index contributed by atoms with van der Waals surface area (Å²) in [4.78, 5) is 12.0. The van der Waals surface area contributed by atoms with E-state index in [9.17, 15) is 4.79 Å². The highest BCUT2D eigenvalue weighted by molar-refractivity contribution is 5.79. The number of nitrogens with one attached hydrogen (secondary N) is 1. The summed E-state index contributed by atoms with van der Waals surface area (Å²) >= 11 is 0. The summed E-state index contributed by atoms with van der Waals surface area (Å²) in [7, 11) is 0. The molecule has 1 aromatic rings. The second-order valence-electron chi connectivity index (χ2n) is 5.71. The highest BCUT2D eigenvalue weighted by atomic mass is 16.5. The minimum atomic E-state index is 0.0332. The zero-order chi connectivity index (χ0) is 13.9. The molecule has 0 aliphatic carbocycles. The van der Waals surface area contributed by atoms with Gasteiger partial charge in [0.2, 0.25) is 5.91 Å². The summed E-state index contributed by atoms with van der Waals surface area (Å²) in [6, 6.07) is 6.47. The van der Waals surface area contributed by atoms with Crippen LogP contribution < -0.4 is 10.1 Å². The van der Waals surface area contributed by atoms with E-state index < -0.39 is 0 Å². The maximum absolute atomic E-state index is 12.0. The molecule has 0 spiro atoms. The van der Waals surface area contributed by atoms with E-state index in [1.54, 1.807) is 0 Å². The molecule has 4 heteroatoms. The third kappa shape index (κ3) is 2.96. The van der Waals surface area contributed by atoms with Gasteiger partial charge in [0.1, 0.15) is 5.75 Å². The lowest BCUT2D eigenvalue weighted by Crippen LogP contribution is -2.38. The molecular weight excluding hydrogens is 254 g/mol. The SMILES string of the molecule is CC(Cc1ccc2c(c1)CCO2)NC(=O)C1CCOC1. The molecule has 1 aromatic carbocycles. The Bertz CT molecular complexity index is 494. The van der Waals surface area contributed by atoms with Crippen molar-refractivity contribution in [3.63, 3.8) is 0 Å². The van der Waals surface area contributed by atoms with Crippen molar-refractivity contribution in [2.75, 3.05) is 19.8 Å². The first kappa shape index (κ1) is 13.4. The van der Waals surface area contributed by atoms with Crippen LogP contribution in [0.5, 0.6) is 5.75 Å². The first-order valence-corrected chi connectivity index (χ1v) is 7.35. The van der Waals surface area contributed by atoms with Gasteiger partial charge in [-0.05, 0) is 37.0 Å². The predicted molar refractivity (Wildman–Crippen MR) is 75.9 cm³/mol. The molecule has 2 aliphatic rings. The molecule has 2 atom stereocenters. The van der Waals surface area contributed by atoms with Crippen LogP contribution >= 0.6 is 0 Å². The fraction of sp³-hybridized carbons (Fsp3) is 0.562. The fourth-order valence-corrected chi connectivity index (χ4v) is 2.87. The van der Waals surface area contributed by atoms with E-state index in [-0.39, 0.29) is 17.9 Å². The molecule has 2 unspecified atom stereocenters. The monoisotopic (exact) mass is 275 g/mol. The van der Waals surface area contributed by atoms with E-state index in [1.165, 1.54) is 11.1 Å². The minimum absolute atomic E-state index is 0.0332. The van der Waals surface area contributed by atoms with E-state index in [0.29, 0.717) is 13.2 Å². The Labute approximate surface area is 119 Å². The Kier molecular flexibility index (Phi) is 3.92. The number of ether oxygens (including phenoxy) is 2. The zero-order valence-corrected chi connectivity index (χ0v) is 11.9. The third-order valence-electron chi connectivity index (χ3n) is 3.98. The van der Waals surface area contributed by atoms with E-state index in [4.69, 9.17) is 9.47 Å². The van der Waals surface area contributed by atoms with Crippen molar-refractivity contribution in [1.82, 2.24) is 5.32 Å². The second-order valence-corrected chi connectivity index (χ2v) is 5.71. The molecule has 2 heterocycles. The van der Waals surface area contributed by atoms with Gasteiger partial charge in [-0.25, -0.2) is 0 Å². The summed E-state index contributed by atoms with van der Waals surface area (Å²) < 4.78 is 10.8. The molecule has 20 heavy (non-hydrogen) atoms. The van der Waals surface area contributed by atoms with Gasteiger partial charge in [-0.15, -0.1) is 0 Å². The number of amides is 1. The highest BCUT2D eigenvalue weighted by Crippen LogP contribution is 2.26. The molecule has 1 saturated heterocycles. The molecule has 0 aromatic heterocycles. The van der Waals surface area contributed by atoms with Crippen LogP contribution in [0.4, 0.5) is 0 Å². The van der Waals surface area contributed by atoms with Crippen LogP contribution in [0.2, 0.25) is 0 Å². The normalized spacial score (nSPS) is 22.1. The number of benzene rings is 1. The zero-order valence-electron chi connectivity index (χ0n) is 11.9. The maximum atomic E-state index is 12.0. The van der Waals surface area contributed by atoms with Gasteiger partial charge >= 0.3 is 0 Å². The van der Waals surface area contributed by atoms with Crippen LogP contribution in [0.1, 0.15) is 24.5 Å². The van der Waals surface area contributed by atoms with E-state index in [1.807, 2.05) is 6.07 Å². The smallest absolute Gasteiger partial charge is 0.225 e. The lowest BCUT2D eigenvalue weighted by atomic mass is 10.0. The molecule has 4 nitrogen and oxygen atoms in total. The largest absolute Gasteiger partial charge is 0.493 e. The molecular formula is C16H21NO3. The van der Waals surface area contributed by atoms with Gasteiger partial charge in [-0.2, -0.15) is 0 Å². The number of carbonyl (C=O) groups is 1. The first-order valence-electron chi connectivity index (χ1n) is 7.35. The summed E-state index contributed by atoms with van der Waals surface area (Å²) in [5, 5.41) is 3.09. The number of fused-ring (bicyclic) bond motifs is 1. The Morgan fingerprint density at radius 2 is 2.35 bits per heavy atom. The highest BCUT2D eigenvalue weighted by Gasteiger charge is 2.24. The van der Waals surface area contributed by atoms with Crippen LogP contribution in [0.25, 0.3) is 0 Å². The molecule has 108 valence electrons. The minimum Gasteiger partial charge on any atom is -0.493 e. The summed E-state index contributed by atoms with van der Waals surface area (Å²) in [6.45, 7) is 4.11. The first-order chi connectivity index (χ1) is 9.72. The van der Waals surface area contributed by atoms with Gasteiger partial charge < -0.3 is 14.8 Å². The average Bonchev–Trinajstić information content (AvgIpc) is 3.09. The lowest BCUT2D eigenvalue weighted by Gasteiger charge is -2.16. The molecule has 3 rings (SSSR count). The van der Waals surface area contributed by atoms with Gasteiger partial charge in [0.05, 0.1) is 19.1 Å². The maximum Gasteiger partial charge on any atom is 0.225 e. The van der Waals surface area contributed by atoms with Gasteiger partial charge in [-0.3, -0.25) is 4.79 Å². The molecule has 0 saturated carbocycles. The average molecular weight is 275 g/mol. The molecule has 1 fully saturated rings. The van der Waals surface area contributed by atoms with Gasteiger partial charge in [0.25, 0.3) is 0 Å². The number of hydrogen-bond donors (Lipinski definition) is 1. The van der Waals surface area contributed by atoms with Crippen molar-refractivity contribution >= 4 is 5.91 Å². The van der Waals surface area contributed by atoms with Gasteiger partial charge in [-0.1, -0.05) is 12.1 Å². The number of carbonyl (C=O) groups excluding carboxylic acids is 1. The molecule has 0 bridgehead atoms. The van der Waals surface area contributed by atoms with Crippen LogP contribution in [0.15, 0.2) is 18.2 Å². The van der Waals surface area contributed by atoms with E-state index in [2.05, 4.69) is 24.4 Å². The molecule has 1 amide bonds. The van der Waals surface area contributed by atoms with Crippen molar-refractivity contribution in [3.05, 3.63) is 29.3 Å². The van der Waals surface area contributed by atoms with Crippen molar-refractivity contribution < 1.29 is 14.3 Å². The topological polar surface area (TPSA) is 47.6 Å². The van der Waals surface area contributed by atoms with Crippen LogP contribution in [0.3, 0.4) is 0 Å². The number of hydrogen-bond acceptors (Lipinski definition) is 3. The molecule has 1 N–H and O–H groups in total. The standard InChI is InChI=1S/C16H21NO3/c1-11(17-16(18)14-4-6-19-10-14)8-12-2-3-15-13(9-12)5-7-20-15/h2-3,9,11,14H,4-8,10H2,1H3,(H,17,18). The van der Waals surface area contributed by atoms with Crippen LogP contribution in [-0.4, -0.2) is 31.8 Å². The number of rotatable bonds is 4. The Hall–Kier alpha value is -1.55. The van der Waals surface area contributed by atoms with Crippen molar-refractivity contribution in [2.45, 2.75) is 32.2 Å². The van der Waals surface area contributed by atoms with Crippen LogP contribution in [0, 0.1) is 5.92 Å². The van der Waals surface area contributed by atoms with E-state index >= 15 is 0 Å². The Morgan fingerprint density at radius 3 is 3.15 bits per heavy atom. The second kappa shape index (κ2) is 5.83. The summed E-state index contributed by atoms with van der Waals surface area (Å²) in [5.41, 5.74) is 2.54.